The van der Waals surface area contributed by atoms with Crippen LogP contribution in [0.1, 0.15) is 13.3 Å². The molecule has 0 saturated heterocycles. The molecule has 0 radical (unpaired) electrons. The predicted molar refractivity (Wildman–Crippen MR) is 50.8 cm³/mol. The van der Waals surface area contributed by atoms with Crippen molar-refractivity contribution in [2.45, 2.75) is 19.4 Å². The summed E-state index contributed by atoms with van der Waals surface area (Å²) in [5, 5.41) is 7.73. The zero-order chi connectivity index (χ0) is 9.68. The Bertz CT molecular complexity index is 250. The monoisotopic (exact) mass is 201 g/mol. The van der Waals surface area contributed by atoms with Crippen LogP contribution < -0.4 is 10.5 Å². The Kier molecular flexibility index (Phi) is 3.92. The smallest absolute Gasteiger partial charge is 0.233 e. The number of aromatic nitrogens is 2. The van der Waals surface area contributed by atoms with Gasteiger partial charge in [0.1, 0.15) is 0 Å². The molecule has 1 unspecified atom stereocenters. The first-order valence-corrected chi connectivity index (χ1v) is 4.44. The molecule has 4 nitrogen and oxygen atoms in total. The average Bonchev–Trinajstić information content (AvgIpc) is 2.08. The lowest BCUT2D eigenvalue weighted by atomic mass is 10.3. The van der Waals surface area contributed by atoms with Crippen molar-refractivity contribution < 1.29 is 4.74 Å². The first kappa shape index (κ1) is 10.2. The van der Waals surface area contributed by atoms with Gasteiger partial charge in [-0.25, -0.2) is 0 Å². The van der Waals surface area contributed by atoms with Crippen molar-refractivity contribution >= 4 is 11.6 Å². The number of hydrogen-bond donors (Lipinski definition) is 1. The molecule has 0 aromatic carbocycles. The van der Waals surface area contributed by atoms with Gasteiger partial charge in [-0.15, -0.1) is 10.2 Å². The van der Waals surface area contributed by atoms with Crippen LogP contribution in [0.25, 0.3) is 0 Å². The van der Waals surface area contributed by atoms with Gasteiger partial charge in [0.15, 0.2) is 5.15 Å². The molecular weight excluding hydrogens is 190 g/mol. The van der Waals surface area contributed by atoms with E-state index < -0.39 is 0 Å². The Balaban J connectivity index is 2.33. The van der Waals surface area contributed by atoms with Gasteiger partial charge in [0.05, 0.1) is 6.61 Å². The molecular formula is C8H12ClN3O. The number of hydrogen-bond acceptors (Lipinski definition) is 4. The Labute approximate surface area is 82.1 Å². The molecule has 0 spiro atoms. The number of nitrogens with two attached hydrogens (primary N) is 1. The Morgan fingerprint density at radius 1 is 1.54 bits per heavy atom. The second kappa shape index (κ2) is 4.99. The van der Waals surface area contributed by atoms with Crippen molar-refractivity contribution in [1.82, 2.24) is 10.2 Å². The van der Waals surface area contributed by atoms with E-state index in [2.05, 4.69) is 10.2 Å². The molecule has 1 atom stereocenters. The maximum absolute atomic E-state index is 5.55. The van der Waals surface area contributed by atoms with Gasteiger partial charge in [-0.3, -0.25) is 0 Å². The quantitative estimate of drug-likeness (QED) is 0.797. The molecule has 2 N–H and O–H groups in total. The zero-order valence-electron chi connectivity index (χ0n) is 7.40. The zero-order valence-corrected chi connectivity index (χ0v) is 8.16. The van der Waals surface area contributed by atoms with Crippen molar-refractivity contribution in [2.24, 2.45) is 5.73 Å². The number of nitrogens with zero attached hydrogens (tertiary/aromatic N) is 2. The fourth-order valence-corrected chi connectivity index (χ4v) is 0.831. The first-order chi connectivity index (χ1) is 6.18. The molecule has 13 heavy (non-hydrogen) atoms. The molecule has 0 bridgehead atoms. The van der Waals surface area contributed by atoms with Crippen LogP contribution in [0.2, 0.25) is 5.15 Å². The normalized spacial score (nSPS) is 12.5. The Hall–Kier alpha value is -0.870. The minimum atomic E-state index is 0.139. The second-order valence-corrected chi connectivity index (χ2v) is 3.20. The van der Waals surface area contributed by atoms with Gasteiger partial charge < -0.3 is 10.5 Å². The molecule has 1 rings (SSSR count). The third kappa shape index (κ3) is 4.05. The highest BCUT2D eigenvalue weighted by Gasteiger charge is 1.98. The first-order valence-electron chi connectivity index (χ1n) is 4.06. The standard InChI is InChI=1S/C8H12ClN3O/c1-6(10)4-5-13-8-3-2-7(9)11-12-8/h2-3,6H,4-5,10H2,1H3. The van der Waals surface area contributed by atoms with Gasteiger partial charge in [-0.2, -0.15) is 0 Å². The van der Waals surface area contributed by atoms with Gasteiger partial charge in [-0.05, 0) is 19.4 Å². The molecule has 0 amide bonds. The SMILES string of the molecule is CC(N)CCOc1ccc(Cl)nn1. The van der Waals surface area contributed by atoms with E-state index in [-0.39, 0.29) is 6.04 Å². The van der Waals surface area contributed by atoms with E-state index in [1.165, 1.54) is 0 Å². The summed E-state index contributed by atoms with van der Waals surface area (Å²) in [7, 11) is 0. The van der Waals surface area contributed by atoms with E-state index in [9.17, 15) is 0 Å². The lowest BCUT2D eigenvalue weighted by molar-refractivity contribution is 0.287. The predicted octanol–water partition coefficient (Wildman–Crippen LogP) is 1.25. The van der Waals surface area contributed by atoms with Crippen LogP contribution in [-0.2, 0) is 0 Å². The van der Waals surface area contributed by atoms with Gasteiger partial charge >= 0.3 is 0 Å². The molecule has 0 fully saturated rings. The highest BCUT2D eigenvalue weighted by atomic mass is 35.5. The number of ether oxygens (including phenoxy) is 1. The maximum atomic E-state index is 5.55. The fraction of sp³-hybridized carbons (Fsp3) is 0.500. The highest BCUT2D eigenvalue weighted by Crippen LogP contribution is 2.08. The van der Waals surface area contributed by atoms with Gasteiger partial charge in [-0.1, -0.05) is 11.6 Å². The van der Waals surface area contributed by atoms with E-state index in [1.54, 1.807) is 12.1 Å². The third-order valence-electron chi connectivity index (χ3n) is 1.43. The summed E-state index contributed by atoms with van der Waals surface area (Å²) in [5.41, 5.74) is 5.54. The van der Waals surface area contributed by atoms with E-state index in [4.69, 9.17) is 22.1 Å². The maximum Gasteiger partial charge on any atom is 0.233 e. The van der Waals surface area contributed by atoms with Crippen LogP contribution in [0.5, 0.6) is 5.88 Å². The summed E-state index contributed by atoms with van der Waals surface area (Å²) in [6.45, 7) is 2.48. The molecule has 0 aliphatic heterocycles. The van der Waals surface area contributed by atoms with E-state index >= 15 is 0 Å². The topological polar surface area (TPSA) is 61.0 Å². The lowest BCUT2D eigenvalue weighted by Gasteiger charge is -2.05. The Morgan fingerprint density at radius 3 is 2.85 bits per heavy atom. The average molecular weight is 202 g/mol. The van der Waals surface area contributed by atoms with Gasteiger partial charge in [0, 0.05) is 12.1 Å². The Morgan fingerprint density at radius 2 is 2.31 bits per heavy atom. The minimum Gasteiger partial charge on any atom is -0.477 e. The molecule has 72 valence electrons. The summed E-state index contributed by atoms with van der Waals surface area (Å²) in [6, 6.07) is 3.45. The van der Waals surface area contributed by atoms with Crippen LogP contribution >= 0.6 is 11.6 Å². The molecule has 5 heteroatoms. The van der Waals surface area contributed by atoms with Gasteiger partial charge in [0.25, 0.3) is 0 Å². The second-order valence-electron chi connectivity index (χ2n) is 2.81. The molecule has 1 aromatic heterocycles. The van der Waals surface area contributed by atoms with Crippen molar-refractivity contribution in [3.05, 3.63) is 17.3 Å². The lowest BCUT2D eigenvalue weighted by Crippen LogP contribution is -2.18. The highest BCUT2D eigenvalue weighted by molar-refractivity contribution is 6.29. The van der Waals surface area contributed by atoms with Crippen LogP contribution in [0, 0.1) is 0 Å². The van der Waals surface area contributed by atoms with Gasteiger partial charge in [0.2, 0.25) is 5.88 Å². The summed E-state index contributed by atoms with van der Waals surface area (Å²) >= 11 is 5.55. The molecule has 1 aromatic rings. The van der Waals surface area contributed by atoms with Crippen molar-refractivity contribution in [2.75, 3.05) is 6.61 Å². The van der Waals surface area contributed by atoms with Crippen molar-refractivity contribution in [3.8, 4) is 5.88 Å². The van der Waals surface area contributed by atoms with E-state index in [0.717, 1.165) is 6.42 Å². The van der Waals surface area contributed by atoms with Crippen LogP contribution in [0.4, 0.5) is 0 Å². The summed E-state index contributed by atoms with van der Waals surface area (Å²) in [6.07, 6.45) is 0.796. The number of rotatable bonds is 4. The van der Waals surface area contributed by atoms with Crippen molar-refractivity contribution in [1.29, 1.82) is 0 Å². The summed E-state index contributed by atoms with van der Waals surface area (Å²) < 4.78 is 5.26. The number of halogens is 1. The summed E-state index contributed by atoms with van der Waals surface area (Å²) in [5.74, 6) is 0.477. The summed E-state index contributed by atoms with van der Waals surface area (Å²) in [4.78, 5) is 0. The molecule has 0 aliphatic carbocycles. The van der Waals surface area contributed by atoms with Crippen LogP contribution in [-0.4, -0.2) is 22.8 Å². The third-order valence-corrected chi connectivity index (χ3v) is 1.63. The van der Waals surface area contributed by atoms with Crippen molar-refractivity contribution in [3.63, 3.8) is 0 Å². The molecule has 1 heterocycles. The molecule has 0 saturated carbocycles. The largest absolute Gasteiger partial charge is 0.477 e. The van der Waals surface area contributed by atoms with E-state index in [0.29, 0.717) is 17.6 Å². The molecule has 0 aliphatic rings. The fourth-order valence-electron chi connectivity index (χ4n) is 0.730. The van der Waals surface area contributed by atoms with Crippen LogP contribution in [0.15, 0.2) is 12.1 Å². The minimum absolute atomic E-state index is 0.139. The van der Waals surface area contributed by atoms with Crippen LogP contribution in [0.3, 0.4) is 0 Å². The van der Waals surface area contributed by atoms with E-state index in [1.807, 2.05) is 6.92 Å².